The van der Waals surface area contributed by atoms with Crippen LogP contribution in [0.5, 0.6) is 5.75 Å². The van der Waals surface area contributed by atoms with E-state index < -0.39 is 6.61 Å². The molecule has 0 spiro atoms. The summed E-state index contributed by atoms with van der Waals surface area (Å²) in [6.45, 7) is -2.86. The van der Waals surface area contributed by atoms with Crippen LogP contribution in [0.25, 0.3) is 0 Å². The van der Waals surface area contributed by atoms with Crippen LogP contribution >= 0.6 is 0 Å². The average molecular weight is 329 g/mol. The first-order valence-electron chi connectivity index (χ1n) is 7.31. The topological polar surface area (TPSA) is 33.0 Å². The molecule has 2 rings (SSSR count). The quantitative estimate of drug-likeness (QED) is 0.590. The molecule has 0 heterocycles. The lowest BCUT2D eigenvalue weighted by Crippen LogP contribution is -2.01. The average Bonchev–Trinajstić information content (AvgIpc) is 2.56. The van der Waals surface area contributed by atoms with Crippen LogP contribution in [-0.2, 0) is 6.42 Å². The van der Waals surface area contributed by atoms with Crippen LogP contribution < -0.4 is 4.74 Å². The van der Waals surface area contributed by atoms with Gasteiger partial charge in [0.1, 0.15) is 11.6 Å². The Morgan fingerprint density at radius 1 is 1.00 bits per heavy atom. The highest BCUT2D eigenvalue weighted by Crippen LogP contribution is 2.15. The van der Waals surface area contributed by atoms with Gasteiger partial charge >= 0.3 is 6.61 Å². The smallest absolute Gasteiger partial charge is 0.387 e. The van der Waals surface area contributed by atoms with Crippen molar-refractivity contribution in [2.45, 2.75) is 25.9 Å². The lowest BCUT2D eigenvalue weighted by molar-refractivity contribution is -0.0498. The monoisotopic (exact) mass is 329 g/mol. The van der Waals surface area contributed by atoms with E-state index in [0.717, 1.165) is 0 Å². The van der Waals surface area contributed by atoms with Gasteiger partial charge in [0.05, 0.1) is 6.07 Å². The summed E-state index contributed by atoms with van der Waals surface area (Å²) in [6.07, 6.45) is 1.45. The third-order valence-corrected chi connectivity index (χ3v) is 3.21. The van der Waals surface area contributed by atoms with Gasteiger partial charge < -0.3 is 4.74 Å². The van der Waals surface area contributed by atoms with E-state index in [2.05, 4.69) is 16.6 Å². The minimum atomic E-state index is -2.86. The van der Waals surface area contributed by atoms with Gasteiger partial charge in [-0.25, -0.2) is 4.39 Å². The minimum absolute atomic E-state index is 0.0668. The maximum atomic E-state index is 13.7. The van der Waals surface area contributed by atoms with Crippen molar-refractivity contribution < 1.29 is 17.9 Å². The number of nitriles is 1. The van der Waals surface area contributed by atoms with E-state index in [-0.39, 0.29) is 11.6 Å². The van der Waals surface area contributed by atoms with Crippen molar-refractivity contribution in [3.63, 3.8) is 0 Å². The maximum Gasteiger partial charge on any atom is 0.387 e. The zero-order valence-electron chi connectivity index (χ0n) is 12.7. The van der Waals surface area contributed by atoms with Crippen LogP contribution in [0.2, 0.25) is 0 Å². The van der Waals surface area contributed by atoms with E-state index in [0.29, 0.717) is 36.0 Å². The number of nitrogens with zero attached hydrogens (tertiary/aromatic N) is 1. The van der Waals surface area contributed by atoms with E-state index in [4.69, 9.17) is 5.26 Å². The number of alkyl halides is 2. The second-order valence-electron chi connectivity index (χ2n) is 4.97. The molecule has 122 valence electrons. The Morgan fingerprint density at radius 2 is 1.67 bits per heavy atom. The molecule has 24 heavy (non-hydrogen) atoms. The van der Waals surface area contributed by atoms with Gasteiger partial charge in [0.15, 0.2) is 0 Å². The van der Waals surface area contributed by atoms with E-state index in [1.54, 1.807) is 24.3 Å². The predicted octanol–water partition coefficient (Wildman–Crippen LogP) is 4.67. The number of unbranched alkanes of at least 4 members (excludes halogenated alkanes) is 1. The number of benzene rings is 2. The molecule has 2 aromatic carbocycles. The number of hydrogen-bond acceptors (Lipinski definition) is 2. The summed E-state index contributed by atoms with van der Waals surface area (Å²) in [7, 11) is 0. The molecule has 2 nitrogen and oxygen atoms in total. The first kappa shape index (κ1) is 17.4. The molecule has 2 aromatic rings. The second kappa shape index (κ2) is 8.64. The van der Waals surface area contributed by atoms with Crippen LogP contribution in [0.3, 0.4) is 0 Å². The Balaban J connectivity index is 2.10. The molecular weight excluding hydrogens is 315 g/mol. The third-order valence-electron chi connectivity index (χ3n) is 3.21. The number of hydrogen-bond donors (Lipinski definition) is 0. The maximum absolute atomic E-state index is 13.7. The highest BCUT2D eigenvalue weighted by atomic mass is 19.3. The van der Waals surface area contributed by atoms with Crippen LogP contribution in [0.1, 0.15) is 29.5 Å². The van der Waals surface area contributed by atoms with Crippen LogP contribution in [0.4, 0.5) is 13.2 Å². The molecule has 0 bridgehead atoms. The minimum Gasteiger partial charge on any atom is -0.435 e. The molecule has 0 atom stereocenters. The van der Waals surface area contributed by atoms with Gasteiger partial charge in [-0.1, -0.05) is 11.8 Å². The van der Waals surface area contributed by atoms with Crippen molar-refractivity contribution in [3.8, 4) is 23.7 Å². The number of aryl methyl sites for hydroxylation is 1. The van der Waals surface area contributed by atoms with Gasteiger partial charge in [0.25, 0.3) is 0 Å². The fraction of sp³-hybridized carbons (Fsp3) is 0.211. The van der Waals surface area contributed by atoms with Crippen molar-refractivity contribution in [2.24, 2.45) is 0 Å². The highest BCUT2D eigenvalue weighted by molar-refractivity contribution is 5.45. The number of rotatable bonds is 5. The standard InChI is InChI=1S/C19H14F3NO/c20-18-11-8-15(13-16(18)3-1-2-12-23)5-4-14-6-9-17(10-7-14)24-19(21)22/h6-11,13,19H,1-3H2. The van der Waals surface area contributed by atoms with Crippen molar-refractivity contribution >= 4 is 0 Å². The second-order valence-corrected chi connectivity index (χ2v) is 4.97. The fourth-order valence-electron chi connectivity index (χ4n) is 2.07. The summed E-state index contributed by atoms with van der Waals surface area (Å²) in [5.74, 6) is 5.55. The van der Waals surface area contributed by atoms with E-state index >= 15 is 0 Å². The molecule has 0 saturated carbocycles. The molecule has 0 aliphatic carbocycles. The van der Waals surface area contributed by atoms with Gasteiger partial charge in [0, 0.05) is 17.5 Å². The summed E-state index contributed by atoms with van der Waals surface area (Å²) >= 11 is 0. The molecule has 0 saturated heterocycles. The highest BCUT2D eigenvalue weighted by Gasteiger charge is 2.04. The van der Waals surface area contributed by atoms with Gasteiger partial charge in [-0.05, 0) is 60.9 Å². The van der Waals surface area contributed by atoms with Crippen LogP contribution in [-0.4, -0.2) is 6.61 Å². The zero-order chi connectivity index (χ0) is 17.4. The molecule has 0 radical (unpaired) electrons. The molecule has 0 aromatic heterocycles. The largest absolute Gasteiger partial charge is 0.435 e. The molecule has 0 aliphatic heterocycles. The van der Waals surface area contributed by atoms with Crippen molar-refractivity contribution in [3.05, 3.63) is 65.0 Å². The van der Waals surface area contributed by atoms with Gasteiger partial charge in [-0.3, -0.25) is 0 Å². The Labute approximate surface area is 138 Å². The molecule has 5 heteroatoms. The summed E-state index contributed by atoms with van der Waals surface area (Å²) in [5.41, 5.74) is 1.81. The summed E-state index contributed by atoms with van der Waals surface area (Å²) in [6, 6.07) is 12.6. The van der Waals surface area contributed by atoms with Crippen LogP contribution in [0.15, 0.2) is 42.5 Å². The summed E-state index contributed by atoms with van der Waals surface area (Å²) in [4.78, 5) is 0. The van der Waals surface area contributed by atoms with Gasteiger partial charge in [-0.15, -0.1) is 0 Å². The molecule has 0 amide bonds. The molecule has 0 aliphatic rings. The molecule has 0 fully saturated rings. The zero-order valence-corrected chi connectivity index (χ0v) is 12.7. The van der Waals surface area contributed by atoms with Crippen molar-refractivity contribution in [1.29, 1.82) is 5.26 Å². The third kappa shape index (κ3) is 5.37. The number of halogens is 3. The first-order chi connectivity index (χ1) is 11.6. The Morgan fingerprint density at radius 3 is 2.33 bits per heavy atom. The summed E-state index contributed by atoms with van der Waals surface area (Å²) in [5, 5.41) is 8.53. The molecular formula is C19H14F3NO. The van der Waals surface area contributed by atoms with E-state index in [1.165, 1.54) is 18.2 Å². The van der Waals surface area contributed by atoms with E-state index in [1.807, 2.05) is 6.07 Å². The van der Waals surface area contributed by atoms with Crippen molar-refractivity contribution in [1.82, 2.24) is 0 Å². The van der Waals surface area contributed by atoms with Crippen molar-refractivity contribution in [2.75, 3.05) is 0 Å². The Hall–Kier alpha value is -2.92. The lowest BCUT2D eigenvalue weighted by Gasteiger charge is -2.03. The fourth-order valence-corrected chi connectivity index (χ4v) is 2.07. The molecule has 0 unspecified atom stereocenters. The Kier molecular flexibility index (Phi) is 6.28. The van der Waals surface area contributed by atoms with Gasteiger partial charge in [0.2, 0.25) is 0 Å². The van der Waals surface area contributed by atoms with E-state index in [9.17, 15) is 13.2 Å². The van der Waals surface area contributed by atoms with Gasteiger partial charge in [-0.2, -0.15) is 14.0 Å². The number of ether oxygens (including phenoxy) is 1. The normalized spacial score (nSPS) is 9.96. The summed E-state index contributed by atoms with van der Waals surface area (Å²) < 4.78 is 42.1. The SMILES string of the molecule is N#CCCCc1cc(C#Cc2ccc(OC(F)F)cc2)ccc1F. The van der Waals surface area contributed by atoms with Crippen LogP contribution in [0, 0.1) is 29.0 Å². The lowest BCUT2D eigenvalue weighted by atomic mass is 10.0. The molecule has 0 N–H and O–H groups in total. The Bertz CT molecular complexity index is 783. The predicted molar refractivity (Wildman–Crippen MR) is 84.0 cm³/mol. The first-order valence-corrected chi connectivity index (χ1v) is 7.31.